The molecule has 0 spiro atoms. The van der Waals surface area contributed by atoms with Gasteiger partial charge in [0.2, 0.25) is 0 Å². The van der Waals surface area contributed by atoms with E-state index < -0.39 is 5.97 Å². The molecule has 1 aliphatic heterocycles. The van der Waals surface area contributed by atoms with E-state index >= 15 is 0 Å². The van der Waals surface area contributed by atoms with Crippen LogP contribution in [0.1, 0.15) is 37.4 Å². The van der Waals surface area contributed by atoms with Crippen molar-refractivity contribution in [2.24, 2.45) is 5.92 Å². The average molecular weight is 263 g/mol. The first-order valence-corrected chi connectivity index (χ1v) is 6.62. The summed E-state index contributed by atoms with van der Waals surface area (Å²) in [6.45, 7) is 4.57. The second kappa shape index (κ2) is 5.31. The smallest absolute Gasteiger partial charge is 0.307 e. The summed E-state index contributed by atoms with van der Waals surface area (Å²) >= 11 is 0. The van der Waals surface area contributed by atoms with Crippen LogP contribution < -0.4 is 5.32 Å². The fraction of sp³-hybridized carbons (Fsp3) is 0.533. The van der Waals surface area contributed by atoms with Crippen LogP contribution in [0.2, 0.25) is 0 Å². The Morgan fingerprint density at radius 1 is 1.42 bits per heavy atom. The van der Waals surface area contributed by atoms with Gasteiger partial charge in [-0.05, 0) is 17.5 Å². The van der Waals surface area contributed by atoms with Gasteiger partial charge in [0.05, 0.1) is 12.5 Å². The van der Waals surface area contributed by atoms with Crippen molar-refractivity contribution in [2.45, 2.75) is 31.7 Å². The maximum absolute atomic E-state index is 11.0. The molecule has 0 saturated carbocycles. The van der Waals surface area contributed by atoms with Crippen LogP contribution in [0.5, 0.6) is 0 Å². The molecule has 104 valence electrons. The summed E-state index contributed by atoms with van der Waals surface area (Å²) in [6.07, 6.45) is 0.605. The lowest BCUT2D eigenvalue weighted by molar-refractivity contribution is -0.141. The second-order valence-corrected chi connectivity index (χ2v) is 5.86. The Hall–Kier alpha value is -1.39. The minimum absolute atomic E-state index is 0.0584. The van der Waals surface area contributed by atoms with Gasteiger partial charge >= 0.3 is 5.97 Å². The fourth-order valence-corrected chi connectivity index (χ4v) is 2.66. The predicted octanol–water partition coefficient (Wildman–Crippen LogP) is 1.69. The van der Waals surface area contributed by atoms with Crippen LogP contribution in [0.25, 0.3) is 0 Å². The van der Waals surface area contributed by atoms with E-state index in [-0.39, 0.29) is 24.0 Å². The third-order valence-electron chi connectivity index (χ3n) is 3.94. The monoisotopic (exact) mass is 263 g/mol. The Balaban J connectivity index is 2.29. The van der Waals surface area contributed by atoms with Crippen molar-refractivity contribution < 1.29 is 15.0 Å². The number of carboxylic acid groups (broad SMARTS) is 1. The topological polar surface area (TPSA) is 69.6 Å². The van der Waals surface area contributed by atoms with Gasteiger partial charge in [-0.3, -0.25) is 4.79 Å². The van der Waals surface area contributed by atoms with Crippen molar-refractivity contribution in [1.82, 2.24) is 5.32 Å². The molecule has 2 atom stereocenters. The van der Waals surface area contributed by atoms with E-state index in [2.05, 4.69) is 5.32 Å². The molecule has 2 rings (SSSR count). The quantitative estimate of drug-likeness (QED) is 0.773. The van der Waals surface area contributed by atoms with Crippen LogP contribution in [0.3, 0.4) is 0 Å². The molecule has 1 aromatic rings. The highest BCUT2D eigenvalue weighted by Gasteiger charge is 2.33. The van der Waals surface area contributed by atoms with E-state index in [1.54, 1.807) is 0 Å². The molecular formula is C15H21NO3. The number of aliphatic carboxylic acids is 1. The molecule has 1 heterocycles. The summed E-state index contributed by atoms with van der Waals surface area (Å²) in [7, 11) is 0. The van der Waals surface area contributed by atoms with Crippen LogP contribution >= 0.6 is 0 Å². The fourth-order valence-electron chi connectivity index (χ4n) is 2.66. The standard InChI is InChI=1S/C15H21NO3/c1-15(2,9-17)12-6-4-3-5-11(12)13-7-10(8-16-13)14(18)19/h3-6,10,13,16-17H,7-9H2,1-2H3,(H,18,19). The largest absolute Gasteiger partial charge is 0.481 e. The Kier molecular flexibility index (Phi) is 3.92. The highest BCUT2D eigenvalue weighted by Crippen LogP contribution is 2.34. The van der Waals surface area contributed by atoms with Gasteiger partial charge in [0.1, 0.15) is 0 Å². The molecule has 1 fully saturated rings. The molecule has 2 unspecified atom stereocenters. The van der Waals surface area contributed by atoms with Crippen LogP contribution in [0, 0.1) is 5.92 Å². The lowest BCUT2D eigenvalue weighted by Crippen LogP contribution is -2.26. The SMILES string of the molecule is CC(C)(CO)c1ccccc1C1CC(C(=O)O)CN1. The van der Waals surface area contributed by atoms with E-state index in [9.17, 15) is 9.90 Å². The summed E-state index contributed by atoms with van der Waals surface area (Å²) in [6, 6.07) is 8.01. The molecule has 4 heteroatoms. The van der Waals surface area contributed by atoms with E-state index in [1.807, 2.05) is 38.1 Å². The lowest BCUT2D eigenvalue weighted by Gasteiger charge is -2.27. The number of aliphatic hydroxyl groups excluding tert-OH is 1. The zero-order valence-electron chi connectivity index (χ0n) is 11.4. The van der Waals surface area contributed by atoms with Crippen LogP contribution in [0.4, 0.5) is 0 Å². The lowest BCUT2D eigenvalue weighted by atomic mass is 9.80. The van der Waals surface area contributed by atoms with Crippen LogP contribution in [-0.2, 0) is 10.2 Å². The number of nitrogens with one attached hydrogen (secondary N) is 1. The molecule has 1 aliphatic rings. The molecule has 19 heavy (non-hydrogen) atoms. The maximum Gasteiger partial charge on any atom is 0.307 e. The van der Waals surface area contributed by atoms with E-state index in [1.165, 1.54) is 0 Å². The first-order chi connectivity index (χ1) is 8.95. The van der Waals surface area contributed by atoms with Gasteiger partial charge in [-0.15, -0.1) is 0 Å². The molecule has 0 aliphatic carbocycles. The summed E-state index contributed by atoms with van der Waals surface area (Å²) in [5, 5.41) is 21.9. The van der Waals surface area contributed by atoms with Gasteiger partial charge in [0.25, 0.3) is 0 Å². The van der Waals surface area contributed by atoms with E-state index in [4.69, 9.17) is 5.11 Å². The molecule has 0 radical (unpaired) electrons. The maximum atomic E-state index is 11.0. The first kappa shape index (κ1) is 14.0. The number of carboxylic acids is 1. The average Bonchev–Trinajstić information content (AvgIpc) is 2.88. The number of carbonyl (C=O) groups is 1. The highest BCUT2D eigenvalue weighted by atomic mass is 16.4. The second-order valence-electron chi connectivity index (χ2n) is 5.86. The molecule has 0 aromatic heterocycles. The molecule has 3 N–H and O–H groups in total. The van der Waals surface area contributed by atoms with E-state index in [0.29, 0.717) is 13.0 Å². The number of benzene rings is 1. The summed E-state index contributed by atoms with van der Waals surface area (Å²) < 4.78 is 0. The molecule has 0 bridgehead atoms. The Morgan fingerprint density at radius 3 is 2.68 bits per heavy atom. The number of rotatable bonds is 4. The van der Waals surface area contributed by atoms with Crippen molar-refractivity contribution in [3.05, 3.63) is 35.4 Å². The van der Waals surface area contributed by atoms with Crippen molar-refractivity contribution >= 4 is 5.97 Å². The first-order valence-electron chi connectivity index (χ1n) is 6.62. The zero-order valence-corrected chi connectivity index (χ0v) is 11.4. The number of aliphatic hydroxyl groups is 1. The Labute approximate surface area is 113 Å². The summed E-state index contributed by atoms with van der Waals surface area (Å²) in [5.41, 5.74) is 1.87. The summed E-state index contributed by atoms with van der Waals surface area (Å²) in [4.78, 5) is 11.0. The molecule has 1 aromatic carbocycles. The summed E-state index contributed by atoms with van der Waals surface area (Å²) in [5.74, 6) is -1.07. The van der Waals surface area contributed by atoms with Gasteiger partial charge in [-0.25, -0.2) is 0 Å². The van der Waals surface area contributed by atoms with E-state index in [0.717, 1.165) is 11.1 Å². The van der Waals surface area contributed by atoms with Crippen molar-refractivity contribution in [1.29, 1.82) is 0 Å². The van der Waals surface area contributed by atoms with Gasteiger partial charge in [0.15, 0.2) is 0 Å². The van der Waals surface area contributed by atoms with Crippen molar-refractivity contribution in [3.8, 4) is 0 Å². The van der Waals surface area contributed by atoms with Crippen molar-refractivity contribution in [2.75, 3.05) is 13.2 Å². The Bertz CT molecular complexity index is 470. The number of hydrogen-bond acceptors (Lipinski definition) is 3. The molecule has 1 saturated heterocycles. The van der Waals surface area contributed by atoms with Gasteiger partial charge in [-0.1, -0.05) is 38.1 Å². The predicted molar refractivity (Wildman–Crippen MR) is 73.0 cm³/mol. The number of hydrogen-bond donors (Lipinski definition) is 3. The molecule has 0 amide bonds. The molecular weight excluding hydrogens is 242 g/mol. The van der Waals surface area contributed by atoms with Gasteiger partial charge in [-0.2, -0.15) is 0 Å². The van der Waals surface area contributed by atoms with Gasteiger partial charge < -0.3 is 15.5 Å². The van der Waals surface area contributed by atoms with Crippen LogP contribution in [-0.4, -0.2) is 29.3 Å². The normalized spacial score (nSPS) is 23.5. The minimum Gasteiger partial charge on any atom is -0.481 e. The van der Waals surface area contributed by atoms with Crippen LogP contribution in [0.15, 0.2) is 24.3 Å². The highest BCUT2D eigenvalue weighted by molar-refractivity contribution is 5.70. The third kappa shape index (κ3) is 2.80. The Morgan fingerprint density at radius 2 is 2.11 bits per heavy atom. The van der Waals surface area contributed by atoms with Crippen molar-refractivity contribution in [3.63, 3.8) is 0 Å². The zero-order chi connectivity index (χ0) is 14.0. The third-order valence-corrected chi connectivity index (χ3v) is 3.94. The minimum atomic E-state index is -0.742. The van der Waals surface area contributed by atoms with Gasteiger partial charge in [0, 0.05) is 18.0 Å². The molecule has 4 nitrogen and oxygen atoms in total.